The molecule has 1 saturated heterocycles. The molecule has 0 aliphatic carbocycles. The highest BCUT2D eigenvalue weighted by molar-refractivity contribution is 5.89. The molecule has 5 nitrogen and oxygen atoms in total. The van der Waals surface area contributed by atoms with E-state index in [2.05, 4.69) is 14.9 Å². The number of methoxy groups -OCH3 is 1. The summed E-state index contributed by atoms with van der Waals surface area (Å²) in [6.45, 7) is 1.42. The van der Waals surface area contributed by atoms with Gasteiger partial charge in [0.25, 0.3) is 0 Å². The molecule has 0 spiro atoms. The van der Waals surface area contributed by atoms with Crippen LogP contribution in [0.5, 0.6) is 0 Å². The van der Waals surface area contributed by atoms with E-state index in [1.54, 1.807) is 13.2 Å². The van der Waals surface area contributed by atoms with Crippen molar-refractivity contribution >= 4 is 16.7 Å². The fourth-order valence-corrected chi connectivity index (χ4v) is 2.84. The number of aliphatic hydroxyl groups excluding tert-OH is 1. The smallest absolute Gasteiger partial charge is 0.149 e. The van der Waals surface area contributed by atoms with Gasteiger partial charge < -0.3 is 14.7 Å². The van der Waals surface area contributed by atoms with Gasteiger partial charge in [-0.2, -0.15) is 0 Å². The van der Waals surface area contributed by atoms with Crippen molar-refractivity contribution in [2.45, 2.75) is 18.4 Å². The summed E-state index contributed by atoms with van der Waals surface area (Å²) in [6, 6.07) is 4.90. The van der Waals surface area contributed by atoms with Crippen LogP contribution in [-0.2, 0) is 4.74 Å². The number of ether oxygens (including phenoxy) is 1. The molecule has 0 bridgehead atoms. The number of piperidine rings is 1. The average Bonchev–Trinajstić information content (AvgIpc) is 2.55. The zero-order valence-corrected chi connectivity index (χ0v) is 11.9. The Bertz CT molecular complexity index is 636. The first-order valence-electron chi connectivity index (χ1n) is 6.99. The van der Waals surface area contributed by atoms with E-state index in [9.17, 15) is 9.50 Å². The Morgan fingerprint density at radius 2 is 2.10 bits per heavy atom. The van der Waals surface area contributed by atoms with Gasteiger partial charge in [0, 0.05) is 25.6 Å². The topological polar surface area (TPSA) is 58.5 Å². The van der Waals surface area contributed by atoms with Crippen LogP contribution >= 0.6 is 0 Å². The van der Waals surface area contributed by atoms with Gasteiger partial charge in [-0.15, -0.1) is 0 Å². The van der Waals surface area contributed by atoms with Gasteiger partial charge in [0.2, 0.25) is 0 Å². The third-order valence-electron chi connectivity index (χ3n) is 4.29. The Morgan fingerprint density at radius 1 is 1.33 bits per heavy atom. The molecule has 6 heteroatoms. The number of nitrogens with zero attached hydrogens (tertiary/aromatic N) is 3. The Kier molecular flexibility index (Phi) is 3.73. The van der Waals surface area contributed by atoms with Gasteiger partial charge in [0.15, 0.2) is 0 Å². The van der Waals surface area contributed by atoms with E-state index in [0.29, 0.717) is 36.8 Å². The van der Waals surface area contributed by atoms with Gasteiger partial charge in [-0.25, -0.2) is 14.4 Å². The Hall–Kier alpha value is -1.79. The van der Waals surface area contributed by atoms with Crippen LogP contribution < -0.4 is 4.90 Å². The first kappa shape index (κ1) is 14.2. The summed E-state index contributed by atoms with van der Waals surface area (Å²) in [6.07, 6.45) is 2.81. The number of hydrogen-bond donors (Lipinski definition) is 1. The van der Waals surface area contributed by atoms with Crippen LogP contribution in [0.4, 0.5) is 10.2 Å². The molecule has 1 aromatic carbocycles. The number of para-hydroxylation sites is 1. The minimum atomic E-state index is -0.468. The molecule has 21 heavy (non-hydrogen) atoms. The highest BCUT2D eigenvalue weighted by Gasteiger charge is 2.34. The molecule has 1 aliphatic rings. The number of halogens is 1. The number of hydrogen-bond acceptors (Lipinski definition) is 5. The Balaban J connectivity index is 1.91. The molecule has 0 amide bonds. The summed E-state index contributed by atoms with van der Waals surface area (Å²) in [5.41, 5.74) is -0.127. The molecule has 0 unspecified atom stereocenters. The molecule has 2 heterocycles. The monoisotopic (exact) mass is 291 g/mol. The van der Waals surface area contributed by atoms with Crippen molar-refractivity contribution in [1.82, 2.24) is 9.97 Å². The van der Waals surface area contributed by atoms with Crippen LogP contribution in [-0.4, -0.2) is 47.5 Å². The highest BCUT2D eigenvalue weighted by Crippen LogP contribution is 2.31. The minimum Gasteiger partial charge on any atom is -0.393 e. The van der Waals surface area contributed by atoms with Crippen molar-refractivity contribution in [1.29, 1.82) is 0 Å². The Morgan fingerprint density at radius 3 is 2.76 bits per heavy atom. The van der Waals surface area contributed by atoms with Crippen LogP contribution in [0.15, 0.2) is 24.5 Å². The molecule has 112 valence electrons. The number of aliphatic hydroxyl groups is 1. The standard InChI is InChI=1S/C15H18FN3O2/c1-21-15(9-20)5-7-19(8-6-15)14-11-3-2-4-12(16)13(11)17-10-18-14/h2-4,10,20H,5-9H2,1H3. The average molecular weight is 291 g/mol. The van der Waals surface area contributed by atoms with Crippen molar-refractivity contribution < 1.29 is 14.2 Å². The third-order valence-corrected chi connectivity index (χ3v) is 4.29. The second-order valence-electron chi connectivity index (χ2n) is 5.37. The number of aromatic nitrogens is 2. The SMILES string of the molecule is COC1(CO)CCN(c2ncnc3c(F)cccc23)CC1. The quantitative estimate of drug-likeness (QED) is 0.933. The first-order valence-corrected chi connectivity index (χ1v) is 6.99. The van der Waals surface area contributed by atoms with E-state index in [-0.39, 0.29) is 12.4 Å². The summed E-state index contributed by atoms with van der Waals surface area (Å²) in [5, 5.41) is 10.2. The molecule has 1 aromatic heterocycles. The van der Waals surface area contributed by atoms with Gasteiger partial charge in [-0.3, -0.25) is 0 Å². The summed E-state index contributed by atoms with van der Waals surface area (Å²) in [5.74, 6) is 0.400. The minimum absolute atomic E-state index is 0.0104. The summed E-state index contributed by atoms with van der Waals surface area (Å²) < 4.78 is 19.3. The molecular formula is C15H18FN3O2. The fraction of sp³-hybridized carbons (Fsp3) is 0.467. The van der Waals surface area contributed by atoms with Crippen LogP contribution in [0, 0.1) is 5.82 Å². The van der Waals surface area contributed by atoms with Gasteiger partial charge in [0.1, 0.15) is 23.5 Å². The van der Waals surface area contributed by atoms with Crippen LogP contribution in [0.3, 0.4) is 0 Å². The van der Waals surface area contributed by atoms with Gasteiger partial charge in [-0.1, -0.05) is 6.07 Å². The molecule has 0 atom stereocenters. The van der Waals surface area contributed by atoms with E-state index >= 15 is 0 Å². The zero-order chi connectivity index (χ0) is 14.9. The molecule has 1 N–H and O–H groups in total. The van der Waals surface area contributed by atoms with Crippen molar-refractivity contribution in [3.63, 3.8) is 0 Å². The van der Waals surface area contributed by atoms with Gasteiger partial charge in [-0.05, 0) is 25.0 Å². The lowest BCUT2D eigenvalue weighted by molar-refractivity contribution is -0.0673. The summed E-state index contributed by atoms with van der Waals surface area (Å²) in [4.78, 5) is 10.4. The molecule has 1 fully saturated rings. The number of fused-ring (bicyclic) bond motifs is 1. The fourth-order valence-electron chi connectivity index (χ4n) is 2.84. The Labute approximate surface area is 122 Å². The molecule has 1 aliphatic heterocycles. The van der Waals surface area contributed by atoms with Crippen LogP contribution in [0.1, 0.15) is 12.8 Å². The van der Waals surface area contributed by atoms with Gasteiger partial charge >= 0.3 is 0 Å². The zero-order valence-electron chi connectivity index (χ0n) is 11.9. The molecule has 2 aromatic rings. The maximum atomic E-state index is 13.8. The van der Waals surface area contributed by atoms with E-state index in [0.717, 1.165) is 5.82 Å². The number of benzene rings is 1. The van der Waals surface area contributed by atoms with E-state index in [1.807, 2.05) is 6.07 Å². The summed E-state index contributed by atoms with van der Waals surface area (Å²) in [7, 11) is 1.63. The van der Waals surface area contributed by atoms with Gasteiger partial charge in [0.05, 0.1) is 12.2 Å². The number of rotatable bonds is 3. The maximum Gasteiger partial charge on any atom is 0.149 e. The predicted octanol–water partition coefficient (Wildman–Crippen LogP) is 1.75. The number of anilines is 1. The van der Waals surface area contributed by atoms with E-state index in [4.69, 9.17) is 4.74 Å². The predicted molar refractivity (Wildman–Crippen MR) is 77.8 cm³/mol. The molecular weight excluding hydrogens is 273 g/mol. The lowest BCUT2D eigenvalue weighted by atomic mass is 9.92. The lowest BCUT2D eigenvalue weighted by Crippen LogP contribution is -2.48. The molecule has 0 saturated carbocycles. The van der Waals surface area contributed by atoms with Crippen LogP contribution in [0.25, 0.3) is 10.9 Å². The second kappa shape index (κ2) is 5.54. The third kappa shape index (κ3) is 2.45. The van der Waals surface area contributed by atoms with Crippen molar-refractivity contribution in [2.24, 2.45) is 0 Å². The second-order valence-corrected chi connectivity index (χ2v) is 5.37. The largest absolute Gasteiger partial charge is 0.393 e. The van der Waals surface area contributed by atoms with E-state index in [1.165, 1.54) is 12.4 Å². The van der Waals surface area contributed by atoms with Crippen molar-refractivity contribution in [2.75, 3.05) is 31.7 Å². The van der Waals surface area contributed by atoms with E-state index < -0.39 is 5.60 Å². The van der Waals surface area contributed by atoms with Crippen LogP contribution in [0.2, 0.25) is 0 Å². The normalized spacial score (nSPS) is 18.1. The first-order chi connectivity index (χ1) is 10.2. The van der Waals surface area contributed by atoms with Crippen molar-refractivity contribution in [3.05, 3.63) is 30.3 Å². The van der Waals surface area contributed by atoms with Crippen molar-refractivity contribution in [3.8, 4) is 0 Å². The summed E-state index contributed by atoms with van der Waals surface area (Å²) >= 11 is 0. The highest BCUT2D eigenvalue weighted by atomic mass is 19.1. The molecule has 0 radical (unpaired) electrons. The lowest BCUT2D eigenvalue weighted by Gasteiger charge is -2.40. The molecule has 3 rings (SSSR count). The maximum absolute atomic E-state index is 13.8.